The highest BCUT2D eigenvalue weighted by Crippen LogP contribution is 2.36. The number of hydrogen-bond donors (Lipinski definition) is 1. The number of nitrogens with zero attached hydrogens (tertiary/aromatic N) is 1. The molecule has 0 saturated carbocycles. The smallest absolute Gasteiger partial charge is 0.119 e. The maximum absolute atomic E-state index is 10.3. The molecule has 30 heavy (non-hydrogen) atoms. The molecule has 4 heteroatoms. The third-order valence-corrected chi connectivity index (χ3v) is 6.21. The Bertz CT molecular complexity index is 610. The number of rotatable bonds is 10. The lowest BCUT2D eigenvalue weighted by Crippen LogP contribution is -2.48. The fourth-order valence-corrected chi connectivity index (χ4v) is 5.00. The Balaban J connectivity index is 1.68. The molecule has 0 aliphatic carbocycles. The van der Waals surface area contributed by atoms with Crippen molar-refractivity contribution < 1.29 is 14.6 Å². The molecule has 1 aromatic rings. The second kappa shape index (κ2) is 11.0. The zero-order valence-corrected chi connectivity index (χ0v) is 20.4. The van der Waals surface area contributed by atoms with Crippen LogP contribution in [0.1, 0.15) is 79.7 Å². The van der Waals surface area contributed by atoms with Crippen LogP contribution in [0.5, 0.6) is 5.75 Å². The Morgan fingerprint density at radius 3 is 2.17 bits per heavy atom. The molecule has 0 bridgehead atoms. The molecule has 0 amide bonds. The minimum absolute atomic E-state index is 0.138. The van der Waals surface area contributed by atoms with Crippen molar-refractivity contribution in [1.29, 1.82) is 0 Å². The third kappa shape index (κ3) is 8.20. The molecular weight excluding hydrogens is 374 g/mol. The van der Waals surface area contributed by atoms with Crippen molar-refractivity contribution in [3.05, 3.63) is 29.8 Å². The molecule has 2 rings (SSSR count). The average Bonchev–Trinajstić information content (AvgIpc) is 2.63. The van der Waals surface area contributed by atoms with E-state index in [1.807, 2.05) is 12.1 Å². The molecule has 1 fully saturated rings. The van der Waals surface area contributed by atoms with Gasteiger partial charge in [-0.3, -0.25) is 4.90 Å². The normalized spacial score (nSPS) is 22.1. The molecule has 0 spiro atoms. The van der Waals surface area contributed by atoms with Gasteiger partial charge in [-0.05, 0) is 61.6 Å². The van der Waals surface area contributed by atoms with E-state index in [1.165, 1.54) is 24.8 Å². The van der Waals surface area contributed by atoms with E-state index >= 15 is 0 Å². The van der Waals surface area contributed by atoms with E-state index in [0.29, 0.717) is 43.9 Å². The van der Waals surface area contributed by atoms with Crippen LogP contribution < -0.4 is 4.74 Å². The first kappa shape index (κ1) is 25.2. The number of piperidine rings is 1. The maximum Gasteiger partial charge on any atom is 0.119 e. The van der Waals surface area contributed by atoms with Gasteiger partial charge in [0.25, 0.3) is 0 Å². The molecule has 0 radical (unpaired) electrons. The Kier molecular flexibility index (Phi) is 9.20. The van der Waals surface area contributed by atoms with Crippen molar-refractivity contribution in [2.24, 2.45) is 5.41 Å². The zero-order chi connectivity index (χ0) is 22.4. The van der Waals surface area contributed by atoms with Crippen molar-refractivity contribution in [2.45, 2.75) is 97.8 Å². The molecule has 1 aromatic carbocycles. The Morgan fingerprint density at radius 1 is 1.00 bits per heavy atom. The molecule has 1 N–H and O–H groups in total. The van der Waals surface area contributed by atoms with Crippen molar-refractivity contribution in [3.63, 3.8) is 0 Å². The first-order valence-electron chi connectivity index (χ1n) is 11.7. The summed E-state index contributed by atoms with van der Waals surface area (Å²) in [5, 5.41) is 10.3. The number of benzene rings is 1. The Morgan fingerprint density at radius 2 is 1.60 bits per heavy atom. The lowest BCUT2D eigenvalue weighted by atomic mass is 9.72. The van der Waals surface area contributed by atoms with E-state index in [1.54, 1.807) is 0 Å². The van der Waals surface area contributed by atoms with E-state index in [0.717, 1.165) is 12.2 Å². The quantitative estimate of drug-likeness (QED) is 0.514. The number of β-amino-alcohol motifs (C(OH)–C–C–N with tert-alkyl or cyclic N) is 1. The van der Waals surface area contributed by atoms with Gasteiger partial charge >= 0.3 is 0 Å². The summed E-state index contributed by atoms with van der Waals surface area (Å²) < 4.78 is 11.5. The van der Waals surface area contributed by atoms with Crippen LogP contribution in [0.15, 0.2) is 24.3 Å². The monoisotopic (exact) mass is 419 g/mol. The number of likely N-dealkylation sites (tertiary alicyclic amines) is 1. The second-order valence-electron chi connectivity index (χ2n) is 11.0. The largest absolute Gasteiger partial charge is 0.491 e. The number of ether oxygens (including phenoxy) is 2. The Hall–Kier alpha value is -1.10. The predicted octanol–water partition coefficient (Wildman–Crippen LogP) is 5.42. The van der Waals surface area contributed by atoms with Crippen LogP contribution in [0.25, 0.3) is 0 Å². The van der Waals surface area contributed by atoms with E-state index in [9.17, 15) is 5.11 Å². The standard InChI is InChI=1S/C26H45NO3/c1-20-9-8-10-21(2)27(20)17-23(28)18-29-15-16-30-24-13-11-22(12-14-24)26(6,7)19-25(3,4)5/h11-14,20-21,23,28H,8-10,15-19H2,1-7H3/t20-,21+,23-/m0/s1. The fourth-order valence-electron chi connectivity index (χ4n) is 5.00. The van der Waals surface area contributed by atoms with Crippen LogP contribution in [0.2, 0.25) is 0 Å². The van der Waals surface area contributed by atoms with Gasteiger partial charge in [-0.1, -0.05) is 53.2 Å². The minimum Gasteiger partial charge on any atom is -0.491 e. The van der Waals surface area contributed by atoms with Crippen molar-refractivity contribution in [2.75, 3.05) is 26.4 Å². The molecule has 1 saturated heterocycles. The van der Waals surface area contributed by atoms with Gasteiger partial charge in [-0.25, -0.2) is 0 Å². The molecule has 3 atom stereocenters. The van der Waals surface area contributed by atoms with Crippen LogP contribution in [0, 0.1) is 5.41 Å². The van der Waals surface area contributed by atoms with Crippen molar-refractivity contribution in [1.82, 2.24) is 4.90 Å². The molecule has 0 aromatic heterocycles. The lowest BCUT2D eigenvalue weighted by molar-refractivity contribution is -0.0141. The predicted molar refractivity (Wildman–Crippen MR) is 125 cm³/mol. The summed E-state index contributed by atoms with van der Waals surface area (Å²) in [5.41, 5.74) is 1.77. The SMILES string of the molecule is C[C@@H]1CCC[C@H](C)N1C[C@H](O)COCCOc1ccc(C(C)(C)CC(C)(C)C)cc1. The number of hydrogen-bond acceptors (Lipinski definition) is 4. The third-order valence-electron chi connectivity index (χ3n) is 6.21. The number of aliphatic hydroxyl groups is 1. The van der Waals surface area contributed by atoms with Gasteiger partial charge in [0.15, 0.2) is 0 Å². The highest BCUT2D eigenvalue weighted by atomic mass is 16.5. The summed E-state index contributed by atoms with van der Waals surface area (Å²) in [6, 6.07) is 9.53. The summed E-state index contributed by atoms with van der Waals surface area (Å²) in [7, 11) is 0. The van der Waals surface area contributed by atoms with Crippen LogP contribution in [-0.4, -0.2) is 54.6 Å². The highest BCUT2D eigenvalue weighted by molar-refractivity contribution is 5.31. The first-order chi connectivity index (χ1) is 14.0. The van der Waals surface area contributed by atoms with Gasteiger partial charge in [0, 0.05) is 18.6 Å². The summed E-state index contributed by atoms with van der Waals surface area (Å²) in [5.74, 6) is 0.866. The van der Waals surface area contributed by atoms with Gasteiger partial charge < -0.3 is 14.6 Å². The van der Waals surface area contributed by atoms with Gasteiger partial charge in [0.05, 0.1) is 19.3 Å². The Labute approximate surface area is 185 Å². The first-order valence-corrected chi connectivity index (χ1v) is 11.7. The molecule has 1 aliphatic rings. The van der Waals surface area contributed by atoms with Gasteiger partial charge in [0.1, 0.15) is 12.4 Å². The van der Waals surface area contributed by atoms with E-state index in [4.69, 9.17) is 9.47 Å². The molecule has 172 valence electrons. The van der Waals surface area contributed by atoms with Crippen LogP contribution in [-0.2, 0) is 10.2 Å². The zero-order valence-electron chi connectivity index (χ0n) is 20.4. The topological polar surface area (TPSA) is 41.9 Å². The summed E-state index contributed by atoms with van der Waals surface area (Å²) in [4.78, 5) is 2.41. The summed E-state index contributed by atoms with van der Waals surface area (Å²) >= 11 is 0. The molecular formula is C26H45NO3. The van der Waals surface area contributed by atoms with E-state index in [2.05, 4.69) is 65.5 Å². The van der Waals surface area contributed by atoms with Crippen molar-refractivity contribution >= 4 is 0 Å². The average molecular weight is 420 g/mol. The molecule has 1 aliphatic heterocycles. The van der Waals surface area contributed by atoms with Gasteiger partial charge in [-0.15, -0.1) is 0 Å². The summed E-state index contributed by atoms with van der Waals surface area (Å²) in [6.45, 7) is 18.0. The maximum atomic E-state index is 10.3. The molecule has 0 unspecified atom stereocenters. The molecule has 4 nitrogen and oxygen atoms in total. The minimum atomic E-state index is -0.447. The van der Waals surface area contributed by atoms with E-state index < -0.39 is 6.10 Å². The van der Waals surface area contributed by atoms with Gasteiger partial charge in [-0.2, -0.15) is 0 Å². The number of aliphatic hydroxyl groups excluding tert-OH is 1. The van der Waals surface area contributed by atoms with Gasteiger partial charge in [0.2, 0.25) is 0 Å². The lowest BCUT2D eigenvalue weighted by Gasteiger charge is -2.40. The fraction of sp³-hybridized carbons (Fsp3) is 0.769. The molecule has 1 heterocycles. The van der Waals surface area contributed by atoms with E-state index in [-0.39, 0.29) is 5.41 Å². The van der Waals surface area contributed by atoms with Crippen LogP contribution in [0.3, 0.4) is 0 Å². The highest BCUT2D eigenvalue weighted by Gasteiger charge is 2.27. The van der Waals surface area contributed by atoms with Crippen molar-refractivity contribution in [3.8, 4) is 5.75 Å². The van der Waals surface area contributed by atoms with Crippen LogP contribution in [0.4, 0.5) is 0 Å². The van der Waals surface area contributed by atoms with Crippen LogP contribution >= 0.6 is 0 Å². The summed E-state index contributed by atoms with van der Waals surface area (Å²) in [6.07, 6.45) is 4.41. The second-order valence-corrected chi connectivity index (χ2v) is 11.0.